The fourth-order valence-corrected chi connectivity index (χ4v) is 2.57. The van der Waals surface area contributed by atoms with Crippen molar-refractivity contribution in [3.05, 3.63) is 0 Å². The van der Waals surface area contributed by atoms with Crippen molar-refractivity contribution in [3.8, 4) is 0 Å². The van der Waals surface area contributed by atoms with Crippen molar-refractivity contribution in [3.63, 3.8) is 0 Å². The first-order chi connectivity index (χ1) is 6.69. The molecule has 1 fully saturated rings. The third kappa shape index (κ3) is 2.71. The predicted molar refractivity (Wildman–Crippen MR) is 64.2 cm³/mol. The zero-order chi connectivity index (χ0) is 11.9. The fourth-order valence-electron chi connectivity index (χ4n) is 1.16. The molecule has 0 aliphatic carbocycles. The van der Waals surface area contributed by atoms with Gasteiger partial charge in [0.05, 0.1) is 5.38 Å². The number of rotatable bonds is 1. The maximum Gasteiger partial charge on any atom is 0.328 e. The Balaban J connectivity index is 2.90. The molecule has 1 unspecified atom stereocenters. The molecule has 1 atom stereocenters. The van der Waals surface area contributed by atoms with Crippen LogP contribution in [0.25, 0.3) is 0 Å². The number of hydrogen-bond donors (Lipinski definition) is 1. The highest BCUT2D eigenvalue weighted by molar-refractivity contribution is 6.65. The van der Waals surface area contributed by atoms with Crippen molar-refractivity contribution in [2.24, 2.45) is 0 Å². The highest BCUT2D eigenvalue weighted by Crippen LogP contribution is 2.51. The van der Waals surface area contributed by atoms with E-state index in [1.54, 1.807) is 0 Å². The van der Waals surface area contributed by atoms with E-state index in [0.29, 0.717) is 13.0 Å². The van der Waals surface area contributed by atoms with Gasteiger partial charge in [0.1, 0.15) is 0 Å². The Morgan fingerprint density at radius 2 is 1.87 bits per heavy atom. The molecule has 0 aromatic heterocycles. The third-order valence-electron chi connectivity index (χ3n) is 1.96. The Kier molecular flexibility index (Phi) is 4.56. The molecule has 9 heteroatoms. The second-order valence-electron chi connectivity index (χ2n) is 2.96. The molecule has 1 amide bonds. The van der Waals surface area contributed by atoms with Crippen molar-refractivity contribution in [1.29, 1.82) is 0 Å². The van der Waals surface area contributed by atoms with Gasteiger partial charge in [0, 0.05) is 6.54 Å². The zero-order valence-corrected chi connectivity index (χ0v) is 11.7. The molecule has 0 aromatic carbocycles. The summed E-state index contributed by atoms with van der Waals surface area (Å²) in [5.41, 5.74) is 2.22. The Morgan fingerprint density at radius 3 is 2.33 bits per heavy atom. The number of carbonyl (C=O) groups excluding carboxylic acids is 1. The van der Waals surface area contributed by atoms with E-state index >= 15 is 0 Å². The number of nitrogens with zero attached hydrogens (tertiary/aromatic N) is 1. The maximum absolute atomic E-state index is 10.7. The van der Waals surface area contributed by atoms with Gasteiger partial charge in [-0.05, 0) is 18.0 Å². The maximum atomic E-state index is 10.7. The lowest BCUT2D eigenvalue weighted by Crippen LogP contribution is -2.64. The molecule has 0 bridgehead atoms. The molecule has 3 nitrogen and oxygen atoms in total. The first-order valence-corrected chi connectivity index (χ1v) is 6.15. The second kappa shape index (κ2) is 4.81. The molecule has 1 rings (SSSR count). The van der Waals surface area contributed by atoms with Crippen LogP contribution in [0, 0.1) is 0 Å². The Morgan fingerprint density at radius 1 is 1.33 bits per heavy atom. The molecule has 1 aliphatic rings. The van der Waals surface area contributed by atoms with E-state index in [2.05, 4.69) is 5.43 Å². The third-order valence-corrected chi connectivity index (χ3v) is 5.28. The van der Waals surface area contributed by atoms with Gasteiger partial charge in [-0.25, -0.2) is 0 Å². The van der Waals surface area contributed by atoms with Crippen LogP contribution in [0.5, 0.6) is 0 Å². The number of hydrazine groups is 1. The van der Waals surface area contributed by atoms with Crippen molar-refractivity contribution >= 4 is 75.0 Å². The van der Waals surface area contributed by atoms with Gasteiger partial charge in [-0.3, -0.25) is 10.2 Å². The minimum atomic E-state index is -1.74. The SMILES string of the molecule is O=C(Cl)NN1CCC(Cl)C(Cl)(Cl)C1(Cl)Cl. The monoisotopic (exact) mass is 332 g/mol. The molecule has 15 heavy (non-hydrogen) atoms. The molecular formula is C6H6Cl6N2O. The summed E-state index contributed by atoms with van der Waals surface area (Å²) in [7, 11) is 0. The minimum absolute atomic E-state index is 0.292. The molecule has 0 spiro atoms. The van der Waals surface area contributed by atoms with Gasteiger partial charge >= 0.3 is 5.37 Å². The van der Waals surface area contributed by atoms with Crippen molar-refractivity contribution < 1.29 is 4.79 Å². The van der Waals surface area contributed by atoms with Gasteiger partial charge in [0.15, 0.2) is 4.33 Å². The molecule has 88 valence electrons. The highest BCUT2D eigenvalue weighted by Gasteiger charge is 2.59. The first kappa shape index (κ1) is 14.2. The number of hydrogen-bond acceptors (Lipinski definition) is 2. The van der Waals surface area contributed by atoms with Crippen LogP contribution in [0.3, 0.4) is 0 Å². The summed E-state index contributed by atoms with van der Waals surface area (Å²) in [5.74, 6) is 0. The van der Waals surface area contributed by atoms with Crippen LogP contribution >= 0.6 is 69.6 Å². The van der Waals surface area contributed by atoms with Gasteiger partial charge < -0.3 is 0 Å². The fraction of sp³-hybridized carbons (Fsp3) is 0.833. The number of halogens is 6. The van der Waals surface area contributed by atoms with Gasteiger partial charge in [0.2, 0.25) is 4.46 Å². The van der Waals surface area contributed by atoms with Crippen LogP contribution in [0.15, 0.2) is 0 Å². The van der Waals surface area contributed by atoms with E-state index in [4.69, 9.17) is 69.6 Å². The molecule has 0 saturated carbocycles. The van der Waals surface area contributed by atoms with Crippen LogP contribution in [0.1, 0.15) is 6.42 Å². The largest absolute Gasteiger partial charge is 0.328 e. The lowest BCUT2D eigenvalue weighted by molar-refractivity contribution is 0.120. The summed E-state index contributed by atoms with van der Waals surface area (Å²) in [5, 5.41) is -0.318. The van der Waals surface area contributed by atoms with E-state index in [1.807, 2.05) is 0 Å². The number of piperidine rings is 1. The number of alkyl halides is 5. The van der Waals surface area contributed by atoms with Gasteiger partial charge in [0.25, 0.3) is 0 Å². The highest BCUT2D eigenvalue weighted by atomic mass is 35.5. The summed E-state index contributed by atoms with van der Waals surface area (Å²) in [6, 6.07) is 0. The average Bonchev–Trinajstić information content (AvgIpc) is 2.08. The van der Waals surface area contributed by atoms with Crippen molar-refractivity contribution in [1.82, 2.24) is 10.4 Å². The predicted octanol–water partition coefficient (Wildman–Crippen LogP) is 3.47. The topological polar surface area (TPSA) is 32.3 Å². The average molecular weight is 335 g/mol. The molecule has 1 heterocycles. The molecule has 1 N–H and O–H groups in total. The lowest BCUT2D eigenvalue weighted by atomic mass is 10.1. The Hall–Kier alpha value is 1.17. The molecule has 1 aliphatic heterocycles. The van der Waals surface area contributed by atoms with Crippen LogP contribution in [-0.4, -0.2) is 31.1 Å². The number of amides is 1. The van der Waals surface area contributed by atoms with Crippen LogP contribution in [0.2, 0.25) is 0 Å². The first-order valence-electron chi connectivity index (χ1n) is 3.83. The molecule has 0 radical (unpaired) electrons. The van der Waals surface area contributed by atoms with E-state index in [9.17, 15) is 4.79 Å². The number of carbonyl (C=O) groups is 1. The summed E-state index contributed by atoms with van der Waals surface area (Å²) in [6.07, 6.45) is 0.410. The molecule has 0 aromatic rings. The van der Waals surface area contributed by atoms with Crippen LogP contribution < -0.4 is 5.43 Å². The zero-order valence-electron chi connectivity index (χ0n) is 7.11. The normalized spacial score (nSPS) is 29.9. The van der Waals surface area contributed by atoms with Gasteiger partial charge in [-0.1, -0.05) is 46.4 Å². The lowest BCUT2D eigenvalue weighted by Gasteiger charge is -2.47. The molecule has 1 saturated heterocycles. The second-order valence-corrected chi connectivity index (χ2v) is 6.50. The van der Waals surface area contributed by atoms with E-state index in [1.165, 1.54) is 0 Å². The van der Waals surface area contributed by atoms with Gasteiger partial charge in [-0.2, -0.15) is 5.01 Å². The Bertz CT molecular complexity index is 270. The summed E-state index contributed by atoms with van der Waals surface area (Å²) in [6.45, 7) is 0.292. The van der Waals surface area contributed by atoms with E-state index in [-0.39, 0.29) is 0 Å². The summed E-state index contributed by atoms with van der Waals surface area (Å²) in [4.78, 5) is 10.7. The number of nitrogens with one attached hydrogen (secondary N) is 1. The smallest absolute Gasteiger partial charge is 0.272 e. The standard InChI is InChI=1S/C6H6Cl6N2O/c7-3-1-2-14(13-4(8)15)6(11,12)5(3,9)10/h3H,1-2H2,(H,13,15). The summed E-state index contributed by atoms with van der Waals surface area (Å²) >= 11 is 34.8. The summed E-state index contributed by atoms with van der Waals surface area (Å²) < 4.78 is -3.36. The minimum Gasteiger partial charge on any atom is -0.272 e. The van der Waals surface area contributed by atoms with Crippen LogP contribution in [0.4, 0.5) is 4.79 Å². The van der Waals surface area contributed by atoms with Crippen molar-refractivity contribution in [2.75, 3.05) is 6.54 Å². The van der Waals surface area contributed by atoms with Crippen LogP contribution in [-0.2, 0) is 0 Å². The Labute approximate surface area is 117 Å². The van der Waals surface area contributed by atoms with Gasteiger partial charge in [-0.15, -0.1) is 11.6 Å². The van der Waals surface area contributed by atoms with Crippen molar-refractivity contribution in [2.45, 2.75) is 20.6 Å². The van der Waals surface area contributed by atoms with E-state index < -0.39 is 19.5 Å². The molecular weight excluding hydrogens is 329 g/mol. The van der Waals surface area contributed by atoms with E-state index in [0.717, 1.165) is 5.01 Å². The quantitative estimate of drug-likeness (QED) is 0.452.